The Labute approximate surface area is 120 Å². The SMILES string of the molecule is CCCCCCCCCCOCCOCCN(C)C. The second kappa shape index (κ2) is 15.9. The Bertz CT molecular complexity index is 163. The van der Waals surface area contributed by atoms with Crippen LogP contribution in [0.3, 0.4) is 0 Å². The van der Waals surface area contributed by atoms with Crippen molar-refractivity contribution in [2.45, 2.75) is 58.3 Å². The lowest BCUT2D eigenvalue weighted by Gasteiger charge is -2.10. The minimum absolute atomic E-state index is 0.727. The summed E-state index contributed by atoms with van der Waals surface area (Å²) < 4.78 is 11.0. The minimum atomic E-state index is 0.727. The van der Waals surface area contributed by atoms with Gasteiger partial charge >= 0.3 is 0 Å². The molecule has 0 aromatic carbocycles. The maximum absolute atomic E-state index is 5.55. The zero-order valence-corrected chi connectivity index (χ0v) is 13.5. The predicted molar refractivity (Wildman–Crippen MR) is 82.8 cm³/mol. The lowest BCUT2D eigenvalue weighted by Crippen LogP contribution is -2.19. The van der Waals surface area contributed by atoms with Crippen molar-refractivity contribution in [3.63, 3.8) is 0 Å². The molecule has 0 N–H and O–H groups in total. The second-order valence-electron chi connectivity index (χ2n) is 5.50. The number of nitrogens with zero attached hydrogens (tertiary/aromatic N) is 1. The molecule has 3 nitrogen and oxygen atoms in total. The van der Waals surface area contributed by atoms with Gasteiger partial charge in [-0.3, -0.25) is 0 Å². The van der Waals surface area contributed by atoms with Crippen LogP contribution in [0.2, 0.25) is 0 Å². The van der Waals surface area contributed by atoms with Crippen LogP contribution in [0, 0.1) is 0 Å². The average Bonchev–Trinajstić information content (AvgIpc) is 2.39. The highest BCUT2D eigenvalue weighted by Gasteiger charge is 1.94. The van der Waals surface area contributed by atoms with Gasteiger partial charge in [0.25, 0.3) is 0 Å². The van der Waals surface area contributed by atoms with Crippen molar-refractivity contribution in [1.82, 2.24) is 4.90 Å². The Hall–Kier alpha value is -0.120. The van der Waals surface area contributed by atoms with Crippen molar-refractivity contribution in [3.8, 4) is 0 Å². The third-order valence-electron chi connectivity index (χ3n) is 3.20. The van der Waals surface area contributed by atoms with Crippen molar-refractivity contribution < 1.29 is 9.47 Å². The number of rotatable bonds is 15. The summed E-state index contributed by atoms with van der Waals surface area (Å²) in [6, 6.07) is 0. The highest BCUT2D eigenvalue weighted by atomic mass is 16.5. The predicted octanol–water partition coefficient (Wildman–Crippen LogP) is 3.72. The van der Waals surface area contributed by atoms with E-state index in [9.17, 15) is 0 Å². The number of likely N-dealkylation sites (N-methyl/N-ethyl adjacent to an activating group) is 1. The fourth-order valence-electron chi connectivity index (χ4n) is 1.91. The van der Waals surface area contributed by atoms with E-state index in [1.54, 1.807) is 0 Å². The monoisotopic (exact) mass is 273 g/mol. The molecule has 0 heterocycles. The van der Waals surface area contributed by atoms with Gasteiger partial charge in [-0.15, -0.1) is 0 Å². The summed E-state index contributed by atoms with van der Waals surface area (Å²) in [7, 11) is 4.12. The fourth-order valence-corrected chi connectivity index (χ4v) is 1.91. The molecule has 0 aliphatic carbocycles. The largest absolute Gasteiger partial charge is 0.379 e. The number of ether oxygens (including phenoxy) is 2. The molecular weight excluding hydrogens is 238 g/mol. The van der Waals surface area contributed by atoms with Gasteiger partial charge in [0.15, 0.2) is 0 Å². The topological polar surface area (TPSA) is 21.7 Å². The molecule has 0 spiro atoms. The average molecular weight is 273 g/mol. The molecule has 116 valence electrons. The van der Waals surface area contributed by atoms with Crippen LogP contribution in [0.25, 0.3) is 0 Å². The molecule has 0 atom stereocenters. The highest BCUT2D eigenvalue weighted by molar-refractivity contribution is 4.46. The van der Waals surface area contributed by atoms with Gasteiger partial charge < -0.3 is 14.4 Å². The normalized spacial score (nSPS) is 11.4. The third-order valence-corrected chi connectivity index (χ3v) is 3.20. The molecule has 0 amide bonds. The molecule has 3 heteroatoms. The number of hydrogen-bond donors (Lipinski definition) is 0. The molecule has 0 radical (unpaired) electrons. The van der Waals surface area contributed by atoms with Gasteiger partial charge in [-0.25, -0.2) is 0 Å². The summed E-state index contributed by atoms with van der Waals surface area (Å²) in [5.74, 6) is 0. The molecule has 0 aromatic heterocycles. The van der Waals surface area contributed by atoms with Crippen LogP contribution in [0.15, 0.2) is 0 Å². The van der Waals surface area contributed by atoms with E-state index in [2.05, 4.69) is 25.9 Å². The molecule has 0 aliphatic rings. The lowest BCUT2D eigenvalue weighted by atomic mass is 10.1. The van der Waals surface area contributed by atoms with Crippen LogP contribution in [0.4, 0.5) is 0 Å². The Morgan fingerprint density at radius 3 is 1.74 bits per heavy atom. The van der Waals surface area contributed by atoms with Crippen LogP contribution < -0.4 is 0 Å². The molecule has 0 unspecified atom stereocenters. The van der Waals surface area contributed by atoms with Crippen LogP contribution in [-0.4, -0.2) is 52.0 Å². The Morgan fingerprint density at radius 2 is 1.16 bits per heavy atom. The molecule has 19 heavy (non-hydrogen) atoms. The van der Waals surface area contributed by atoms with Gasteiger partial charge in [0, 0.05) is 13.2 Å². The molecular formula is C16H35NO2. The molecule has 0 aliphatic heterocycles. The molecule has 0 saturated carbocycles. The third kappa shape index (κ3) is 17.9. The second-order valence-corrected chi connectivity index (χ2v) is 5.50. The van der Waals surface area contributed by atoms with Crippen LogP contribution in [0.1, 0.15) is 58.3 Å². The summed E-state index contributed by atoms with van der Waals surface area (Å²) in [6.07, 6.45) is 10.8. The Kier molecular flexibility index (Phi) is 15.8. The lowest BCUT2D eigenvalue weighted by molar-refractivity contribution is 0.0414. The quantitative estimate of drug-likeness (QED) is 0.424. The first kappa shape index (κ1) is 18.9. The van der Waals surface area contributed by atoms with Crippen LogP contribution in [0.5, 0.6) is 0 Å². The minimum Gasteiger partial charge on any atom is -0.379 e. The fraction of sp³-hybridized carbons (Fsp3) is 1.00. The first-order valence-corrected chi connectivity index (χ1v) is 8.07. The first-order valence-electron chi connectivity index (χ1n) is 8.07. The van der Waals surface area contributed by atoms with Crippen molar-refractivity contribution in [1.29, 1.82) is 0 Å². The van der Waals surface area contributed by atoms with Gasteiger partial charge in [0.2, 0.25) is 0 Å². The summed E-state index contributed by atoms with van der Waals surface area (Å²) in [5.41, 5.74) is 0. The van der Waals surface area contributed by atoms with E-state index in [-0.39, 0.29) is 0 Å². The van der Waals surface area contributed by atoms with Gasteiger partial charge in [0.1, 0.15) is 0 Å². The van der Waals surface area contributed by atoms with Crippen molar-refractivity contribution in [3.05, 3.63) is 0 Å². The van der Waals surface area contributed by atoms with E-state index in [1.807, 2.05) is 0 Å². The summed E-state index contributed by atoms with van der Waals surface area (Å²) >= 11 is 0. The van der Waals surface area contributed by atoms with Crippen molar-refractivity contribution >= 4 is 0 Å². The van der Waals surface area contributed by atoms with Crippen LogP contribution in [-0.2, 0) is 9.47 Å². The van der Waals surface area contributed by atoms with Gasteiger partial charge in [0.05, 0.1) is 19.8 Å². The molecule has 0 saturated heterocycles. The van der Waals surface area contributed by atoms with E-state index in [4.69, 9.17) is 9.47 Å². The Morgan fingerprint density at radius 1 is 0.632 bits per heavy atom. The van der Waals surface area contributed by atoms with E-state index in [0.717, 1.165) is 33.0 Å². The zero-order chi connectivity index (χ0) is 14.2. The van der Waals surface area contributed by atoms with Crippen LogP contribution >= 0.6 is 0 Å². The zero-order valence-electron chi connectivity index (χ0n) is 13.5. The van der Waals surface area contributed by atoms with Crippen molar-refractivity contribution in [2.24, 2.45) is 0 Å². The summed E-state index contributed by atoms with van der Waals surface area (Å²) in [5, 5.41) is 0. The number of hydrogen-bond acceptors (Lipinski definition) is 3. The first-order chi connectivity index (χ1) is 9.27. The smallest absolute Gasteiger partial charge is 0.0701 e. The molecule has 0 aromatic rings. The maximum Gasteiger partial charge on any atom is 0.0701 e. The van der Waals surface area contributed by atoms with E-state index < -0.39 is 0 Å². The maximum atomic E-state index is 5.55. The van der Waals surface area contributed by atoms with E-state index >= 15 is 0 Å². The Balaban J connectivity index is 2.91. The number of unbranched alkanes of at least 4 members (excludes halogenated alkanes) is 7. The molecule has 0 rings (SSSR count). The van der Waals surface area contributed by atoms with Gasteiger partial charge in [-0.05, 0) is 20.5 Å². The van der Waals surface area contributed by atoms with Crippen molar-refractivity contribution in [2.75, 3.05) is 47.1 Å². The summed E-state index contributed by atoms with van der Waals surface area (Å²) in [6.45, 7) is 6.41. The van der Waals surface area contributed by atoms with E-state index in [0.29, 0.717) is 0 Å². The van der Waals surface area contributed by atoms with E-state index in [1.165, 1.54) is 51.4 Å². The molecule has 0 fully saturated rings. The van der Waals surface area contributed by atoms with Gasteiger partial charge in [-0.1, -0.05) is 51.9 Å². The standard InChI is InChI=1S/C16H35NO2/c1-4-5-6-7-8-9-10-11-13-18-15-16-19-14-12-17(2)3/h4-16H2,1-3H3. The highest BCUT2D eigenvalue weighted by Crippen LogP contribution is 2.08. The summed E-state index contributed by atoms with van der Waals surface area (Å²) in [4.78, 5) is 2.13. The van der Waals surface area contributed by atoms with Gasteiger partial charge in [-0.2, -0.15) is 0 Å². The molecule has 0 bridgehead atoms.